The Hall–Kier alpha value is -4.89. The first-order chi connectivity index (χ1) is 24.5. The second-order valence-corrected chi connectivity index (χ2v) is 16.7. The Morgan fingerprint density at radius 3 is 1.86 bits per heavy atom. The van der Waals surface area contributed by atoms with Crippen molar-refractivity contribution in [3.8, 4) is 22.6 Å². The normalized spacial score (nSPS) is 18.7. The van der Waals surface area contributed by atoms with Crippen molar-refractivity contribution in [1.82, 2.24) is 0 Å². The van der Waals surface area contributed by atoms with E-state index < -0.39 is 22.6 Å². The summed E-state index contributed by atoms with van der Waals surface area (Å²) in [5.41, 5.74) is 2.17. The van der Waals surface area contributed by atoms with Gasteiger partial charge in [-0.1, -0.05) is 79.0 Å². The molecule has 8 heteroatoms. The first-order valence-corrected chi connectivity index (χ1v) is 19.1. The van der Waals surface area contributed by atoms with Crippen LogP contribution in [0.2, 0.25) is 0 Å². The molecule has 0 spiro atoms. The Morgan fingerprint density at radius 2 is 1.22 bits per heavy atom. The minimum atomic E-state index is -1.25. The van der Waals surface area contributed by atoms with Gasteiger partial charge >= 0.3 is 11.9 Å². The molecule has 8 rings (SSSR count). The monoisotopic (exact) mass is 726 g/mol. The first kappa shape index (κ1) is 33.3. The average Bonchev–Trinajstić information content (AvgIpc) is 3.87. The van der Waals surface area contributed by atoms with Crippen LogP contribution in [0.25, 0.3) is 11.1 Å². The molecule has 0 saturated carbocycles. The third-order valence-corrected chi connectivity index (χ3v) is 12.3. The van der Waals surface area contributed by atoms with E-state index >= 15 is 0 Å². The van der Waals surface area contributed by atoms with Crippen molar-refractivity contribution in [2.75, 3.05) is 0 Å². The van der Waals surface area contributed by atoms with Crippen molar-refractivity contribution in [2.45, 2.75) is 48.7 Å². The highest BCUT2D eigenvalue weighted by Gasteiger charge is 2.50. The number of hydrogen-bond donors (Lipinski definition) is 0. The van der Waals surface area contributed by atoms with Crippen molar-refractivity contribution in [1.29, 1.82) is 0 Å². The molecule has 2 unspecified atom stereocenters. The minimum Gasteiger partial charge on any atom is -0.456 e. The predicted molar refractivity (Wildman–Crippen MR) is 204 cm³/mol. The molecular weight excluding hydrogens is 693 g/mol. The van der Waals surface area contributed by atoms with Gasteiger partial charge in [-0.2, -0.15) is 0 Å². The van der Waals surface area contributed by atoms with Crippen LogP contribution < -0.4 is 4.74 Å². The molecule has 0 aliphatic carbocycles. The van der Waals surface area contributed by atoms with Gasteiger partial charge in [-0.25, -0.2) is 4.79 Å². The molecule has 4 heterocycles. The topological polar surface area (TPSA) is 61.8 Å². The van der Waals surface area contributed by atoms with Gasteiger partial charge in [0.15, 0.2) is 5.60 Å². The van der Waals surface area contributed by atoms with Crippen LogP contribution in [0.1, 0.15) is 59.7 Å². The van der Waals surface area contributed by atoms with Crippen LogP contribution in [-0.2, 0) is 30.3 Å². The van der Waals surface area contributed by atoms with E-state index in [1.165, 1.54) is 11.3 Å². The summed E-state index contributed by atoms with van der Waals surface area (Å²) < 4.78 is 19.8. The first-order valence-electron chi connectivity index (χ1n) is 16.6. The lowest BCUT2D eigenvalue weighted by Gasteiger charge is -2.40. The van der Waals surface area contributed by atoms with E-state index in [4.69, 9.17) is 14.2 Å². The number of fused-ring (bicyclic) bond motifs is 4. The fourth-order valence-corrected chi connectivity index (χ4v) is 9.63. The highest BCUT2D eigenvalue weighted by Crippen LogP contribution is 2.57. The maximum absolute atomic E-state index is 13.9. The third kappa shape index (κ3) is 5.36. The molecule has 0 amide bonds. The zero-order valence-corrected chi connectivity index (χ0v) is 31.0. The summed E-state index contributed by atoms with van der Waals surface area (Å²) in [5.74, 6) is 0.455. The van der Waals surface area contributed by atoms with Gasteiger partial charge in [0.05, 0.1) is 15.2 Å². The molecule has 254 valence electrons. The quantitative estimate of drug-likeness (QED) is 0.126. The third-order valence-electron chi connectivity index (χ3n) is 9.21. The summed E-state index contributed by atoms with van der Waals surface area (Å²) in [6, 6.07) is 36.2. The molecule has 0 radical (unpaired) electrons. The second-order valence-electron chi connectivity index (χ2n) is 13.7. The molecule has 51 heavy (non-hydrogen) atoms. The molecule has 2 atom stereocenters. The molecule has 0 saturated heterocycles. The number of esters is 2. The number of rotatable bonds is 6. The number of carbonyl (C=O) groups is 2. The largest absolute Gasteiger partial charge is 0.456 e. The molecule has 6 aromatic rings. The van der Waals surface area contributed by atoms with Crippen LogP contribution in [0.3, 0.4) is 0 Å². The van der Waals surface area contributed by atoms with Gasteiger partial charge in [-0.05, 0) is 98.1 Å². The highest BCUT2D eigenvalue weighted by molar-refractivity contribution is 7.99. The van der Waals surface area contributed by atoms with Crippen molar-refractivity contribution in [2.24, 2.45) is 5.41 Å². The van der Waals surface area contributed by atoms with E-state index in [1.807, 2.05) is 110 Å². The lowest BCUT2D eigenvalue weighted by molar-refractivity contribution is -0.163. The van der Waals surface area contributed by atoms with Gasteiger partial charge in [0.1, 0.15) is 11.5 Å². The molecular formula is C43H34O5S3. The maximum atomic E-state index is 13.9. The average molecular weight is 727 g/mol. The van der Waals surface area contributed by atoms with Gasteiger partial charge in [-0.3, -0.25) is 4.79 Å². The van der Waals surface area contributed by atoms with E-state index in [2.05, 4.69) is 36.9 Å². The van der Waals surface area contributed by atoms with E-state index in [0.717, 1.165) is 52.9 Å². The van der Waals surface area contributed by atoms with Gasteiger partial charge in [-0.15, -0.1) is 22.7 Å². The zero-order chi connectivity index (χ0) is 35.5. The van der Waals surface area contributed by atoms with Gasteiger partial charge in [0.2, 0.25) is 5.60 Å². The molecule has 0 bridgehead atoms. The zero-order valence-electron chi connectivity index (χ0n) is 28.5. The lowest BCUT2D eigenvalue weighted by atomic mass is 9.79. The van der Waals surface area contributed by atoms with Crippen LogP contribution in [0.15, 0.2) is 142 Å². The van der Waals surface area contributed by atoms with E-state index in [9.17, 15) is 9.59 Å². The SMILES string of the molecule is C=C(C)C(=O)OC1(c2cccs2)c2ccccc2Sc2ccc(-c3ccc4c(c3)C(OC(=O)C(C)(C)C)(c3cccs3)c3ccccc3O4)cc21. The Morgan fingerprint density at radius 1 is 0.647 bits per heavy atom. The predicted octanol–water partition coefficient (Wildman–Crippen LogP) is 11.3. The maximum Gasteiger partial charge on any atom is 0.334 e. The van der Waals surface area contributed by atoms with Gasteiger partial charge < -0.3 is 14.2 Å². The summed E-state index contributed by atoms with van der Waals surface area (Å²) in [4.78, 5) is 31.2. The highest BCUT2D eigenvalue weighted by atomic mass is 32.2. The molecule has 4 aromatic carbocycles. The Balaban J connectivity index is 1.36. The Bertz CT molecular complexity index is 2330. The van der Waals surface area contributed by atoms with E-state index in [1.54, 1.807) is 30.0 Å². The Kier molecular flexibility index (Phi) is 8.09. The van der Waals surface area contributed by atoms with E-state index in [-0.39, 0.29) is 5.97 Å². The standard InChI is InChI=1S/C43H34O5S3/c1-26(2)39(44)47-43(38-17-11-23-50-38)30-13-7-9-15-35(30)51-36-21-19-28(25-32(36)43)27-18-20-34-31(24-27)42(37-16-10-22-49-37,48-40(45)41(3,4)5)29-12-6-8-14-33(29)46-34/h6-25H,1H2,2-5H3. The number of thiophene rings is 2. The number of para-hydroxylation sites is 1. The second kappa shape index (κ2) is 12.4. The van der Waals surface area contributed by atoms with Gasteiger partial charge in [0, 0.05) is 37.6 Å². The molecule has 0 N–H and O–H groups in total. The van der Waals surface area contributed by atoms with Crippen molar-refractivity contribution in [3.05, 3.63) is 164 Å². The summed E-state index contributed by atoms with van der Waals surface area (Å²) in [6.07, 6.45) is 0. The number of carbonyl (C=O) groups excluding carboxylic acids is 2. The van der Waals surface area contributed by atoms with E-state index in [0.29, 0.717) is 17.1 Å². The minimum absolute atomic E-state index is 0.323. The Labute approximate surface area is 309 Å². The smallest absolute Gasteiger partial charge is 0.334 e. The number of benzene rings is 4. The van der Waals surface area contributed by atoms with Crippen molar-refractivity contribution >= 4 is 46.4 Å². The van der Waals surface area contributed by atoms with Gasteiger partial charge in [0.25, 0.3) is 0 Å². The molecule has 5 nitrogen and oxygen atoms in total. The van der Waals surface area contributed by atoms with Crippen LogP contribution in [0.5, 0.6) is 11.5 Å². The molecule has 2 aromatic heterocycles. The summed E-state index contributed by atoms with van der Waals surface area (Å²) >= 11 is 4.75. The molecule has 2 aliphatic rings. The van der Waals surface area contributed by atoms with Crippen LogP contribution in [0.4, 0.5) is 0 Å². The fourth-order valence-electron chi connectivity index (χ4n) is 6.69. The molecule has 2 aliphatic heterocycles. The summed E-state index contributed by atoms with van der Waals surface area (Å²) in [7, 11) is 0. The fraction of sp³-hybridized carbons (Fsp3) is 0.163. The van der Waals surface area contributed by atoms with Crippen molar-refractivity contribution in [3.63, 3.8) is 0 Å². The lowest BCUT2D eigenvalue weighted by Crippen LogP contribution is -2.40. The van der Waals surface area contributed by atoms with Crippen LogP contribution in [0, 0.1) is 5.41 Å². The number of hydrogen-bond acceptors (Lipinski definition) is 8. The van der Waals surface area contributed by atoms with Crippen LogP contribution in [-0.4, -0.2) is 11.9 Å². The summed E-state index contributed by atoms with van der Waals surface area (Å²) in [6.45, 7) is 11.2. The van der Waals surface area contributed by atoms with Crippen molar-refractivity contribution < 1.29 is 23.8 Å². The molecule has 0 fully saturated rings. The summed E-state index contributed by atoms with van der Waals surface area (Å²) in [5, 5.41) is 4.00. The number of ether oxygens (including phenoxy) is 3. The van der Waals surface area contributed by atoms with Crippen LogP contribution >= 0.6 is 34.4 Å².